The Hall–Kier alpha value is -0.350. The lowest BCUT2D eigenvalue weighted by atomic mass is 10.1. The zero-order valence-corrected chi connectivity index (χ0v) is 7.56. The van der Waals surface area contributed by atoms with Crippen molar-refractivity contribution in [2.24, 2.45) is 0 Å². The van der Waals surface area contributed by atoms with E-state index in [-0.39, 0.29) is 12.0 Å². The van der Waals surface area contributed by atoms with Gasteiger partial charge in [-0.1, -0.05) is 0 Å². The highest BCUT2D eigenvalue weighted by Gasteiger charge is 2.46. The van der Waals surface area contributed by atoms with Crippen molar-refractivity contribution < 1.29 is 5.11 Å². The molecule has 1 aliphatic carbocycles. The highest BCUT2D eigenvalue weighted by Crippen LogP contribution is 2.48. The molecule has 1 aliphatic rings. The number of nitrogens with one attached hydrogen (secondary N) is 1. The van der Waals surface area contributed by atoms with Gasteiger partial charge in [-0.3, -0.25) is 5.10 Å². The highest BCUT2D eigenvalue weighted by atomic mass is 79.9. The van der Waals surface area contributed by atoms with E-state index in [9.17, 15) is 0 Å². The molecule has 0 radical (unpaired) electrons. The van der Waals surface area contributed by atoms with Crippen molar-refractivity contribution in [3.05, 3.63) is 16.4 Å². The molecule has 1 aromatic rings. The van der Waals surface area contributed by atoms with E-state index in [1.807, 2.05) is 0 Å². The van der Waals surface area contributed by atoms with Gasteiger partial charge in [-0.2, -0.15) is 5.10 Å². The summed E-state index contributed by atoms with van der Waals surface area (Å²) in [6.07, 6.45) is 3.85. The summed E-state index contributed by atoms with van der Waals surface area (Å²) in [7, 11) is 0. The van der Waals surface area contributed by atoms with Crippen molar-refractivity contribution in [3.8, 4) is 0 Å². The highest BCUT2D eigenvalue weighted by molar-refractivity contribution is 9.10. The van der Waals surface area contributed by atoms with Crippen LogP contribution in [0.4, 0.5) is 0 Å². The fourth-order valence-electron chi connectivity index (χ4n) is 1.28. The molecule has 0 saturated heterocycles. The molecule has 0 spiro atoms. The first-order valence-electron chi connectivity index (χ1n) is 3.59. The van der Waals surface area contributed by atoms with E-state index < -0.39 is 0 Å². The van der Waals surface area contributed by atoms with E-state index in [2.05, 4.69) is 26.1 Å². The standard InChI is InChI=1S/C7H9BrN2O/c8-5-3-9-10-6(5)7(4-11)1-2-7/h3,11H,1-2,4H2,(H,9,10). The normalized spacial score (nSPS) is 20.2. The van der Waals surface area contributed by atoms with Crippen LogP contribution in [0.15, 0.2) is 10.7 Å². The van der Waals surface area contributed by atoms with Gasteiger partial charge in [0.2, 0.25) is 0 Å². The lowest BCUT2D eigenvalue weighted by Gasteiger charge is -2.08. The van der Waals surface area contributed by atoms with Crippen LogP contribution in [0.2, 0.25) is 0 Å². The maximum atomic E-state index is 9.08. The summed E-state index contributed by atoms with van der Waals surface area (Å²) in [6.45, 7) is 0.216. The van der Waals surface area contributed by atoms with E-state index in [1.165, 1.54) is 0 Å². The van der Waals surface area contributed by atoms with E-state index in [0.717, 1.165) is 23.0 Å². The Balaban J connectivity index is 2.35. The van der Waals surface area contributed by atoms with E-state index >= 15 is 0 Å². The smallest absolute Gasteiger partial charge is 0.0632 e. The van der Waals surface area contributed by atoms with Gasteiger partial charge in [0, 0.05) is 5.41 Å². The van der Waals surface area contributed by atoms with E-state index in [0.29, 0.717) is 0 Å². The molecular weight excluding hydrogens is 208 g/mol. The molecule has 60 valence electrons. The Morgan fingerprint density at radius 1 is 1.73 bits per heavy atom. The van der Waals surface area contributed by atoms with Crippen LogP contribution < -0.4 is 0 Å². The lowest BCUT2D eigenvalue weighted by Crippen LogP contribution is -2.12. The number of halogens is 1. The van der Waals surface area contributed by atoms with Crippen molar-refractivity contribution in [2.75, 3.05) is 6.61 Å². The van der Waals surface area contributed by atoms with E-state index in [4.69, 9.17) is 5.11 Å². The second-order valence-electron chi connectivity index (χ2n) is 3.03. The first-order chi connectivity index (χ1) is 5.28. The number of nitrogens with zero attached hydrogens (tertiary/aromatic N) is 1. The number of hydrogen-bond acceptors (Lipinski definition) is 2. The molecule has 1 saturated carbocycles. The number of aromatic amines is 1. The van der Waals surface area contributed by atoms with Crippen LogP contribution >= 0.6 is 15.9 Å². The Bertz CT molecular complexity index is 267. The monoisotopic (exact) mass is 216 g/mol. The number of aliphatic hydroxyl groups excluding tert-OH is 1. The molecular formula is C7H9BrN2O. The van der Waals surface area contributed by atoms with Gasteiger partial charge in [0.1, 0.15) is 0 Å². The molecule has 4 heteroatoms. The largest absolute Gasteiger partial charge is 0.395 e. The average Bonchev–Trinajstić information content (AvgIpc) is 2.70. The molecule has 0 amide bonds. The SMILES string of the molecule is OCC1(c2[nH]ncc2Br)CC1. The Kier molecular flexibility index (Phi) is 1.54. The zero-order chi connectivity index (χ0) is 7.90. The summed E-state index contributed by atoms with van der Waals surface area (Å²) in [5.74, 6) is 0. The molecule has 1 aromatic heterocycles. The minimum Gasteiger partial charge on any atom is -0.395 e. The Morgan fingerprint density at radius 3 is 2.82 bits per heavy atom. The van der Waals surface area contributed by atoms with Crippen molar-refractivity contribution in [3.63, 3.8) is 0 Å². The van der Waals surface area contributed by atoms with Gasteiger partial charge in [-0.25, -0.2) is 0 Å². The Labute approximate surface area is 72.9 Å². The summed E-state index contributed by atoms with van der Waals surface area (Å²) in [5, 5.41) is 15.9. The van der Waals surface area contributed by atoms with Crippen LogP contribution in [-0.4, -0.2) is 21.9 Å². The third-order valence-electron chi connectivity index (χ3n) is 2.28. The molecule has 3 nitrogen and oxygen atoms in total. The maximum Gasteiger partial charge on any atom is 0.0632 e. The van der Waals surface area contributed by atoms with Crippen LogP contribution in [-0.2, 0) is 5.41 Å². The number of aromatic nitrogens is 2. The second kappa shape index (κ2) is 2.32. The molecule has 1 fully saturated rings. The summed E-state index contributed by atoms with van der Waals surface area (Å²) in [5.41, 5.74) is 1.04. The Morgan fingerprint density at radius 2 is 2.45 bits per heavy atom. The van der Waals surface area contributed by atoms with Gasteiger partial charge >= 0.3 is 0 Å². The predicted molar refractivity (Wildman–Crippen MR) is 44.3 cm³/mol. The fraction of sp³-hybridized carbons (Fsp3) is 0.571. The van der Waals surface area contributed by atoms with Crippen LogP contribution in [0.25, 0.3) is 0 Å². The number of H-pyrrole nitrogens is 1. The molecule has 0 unspecified atom stereocenters. The van der Waals surface area contributed by atoms with Gasteiger partial charge in [-0.05, 0) is 28.8 Å². The number of aliphatic hydroxyl groups is 1. The molecule has 0 aromatic carbocycles. The van der Waals surface area contributed by atoms with Crippen LogP contribution in [0, 0.1) is 0 Å². The van der Waals surface area contributed by atoms with Crippen LogP contribution in [0.1, 0.15) is 18.5 Å². The quantitative estimate of drug-likeness (QED) is 0.781. The minimum atomic E-state index is -0.00463. The maximum absolute atomic E-state index is 9.08. The van der Waals surface area contributed by atoms with Gasteiger partial charge in [0.15, 0.2) is 0 Å². The second-order valence-corrected chi connectivity index (χ2v) is 3.89. The third kappa shape index (κ3) is 1.01. The van der Waals surface area contributed by atoms with Gasteiger partial charge < -0.3 is 5.11 Å². The summed E-state index contributed by atoms with van der Waals surface area (Å²) in [4.78, 5) is 0. The van der Waals surface area contributed by atoms with Crippen LogP contribution in [0.3, 0.4) is 0 Å². The predicted octanol–water partition coefficient (Wildman–Crippen LogP) is 1.20. The molecule has 0 atom stereocenters. The first-order valence-corrected chi connectivity index (χ1v) is 4.38. The lowest BCUT2D eigenvalue weighted by molar-refractivity contribution is 0.252. The van der Waals surface area contributed by atoms with Crippen molar-refractivity contribution in [1.82, 2.24) is 10.2 Å². The minimum absolute atomic E-state index is 0.00463. The summed E-state index contributed by atoms with van der Waals surface area (Å²) in [6, 6.07) is 0. The van der Waals surface area contributed by atoms with Gasteiger partial charge in [0.05, 0.1) is 23.0 Å². The number of hydrogen-bond donors (Lipinski definition) is 2. The van der Waals surface area contributed by atoms with E-state index in [1.54, 1.807) is 6.20 Å². The summed E-state index contributed by atoms with van der Waals surface area (Å²) >= 11 is 3.38. The average molecular weight is 217 g/mol. The molecule has 2 N–H and O–H groups in total. The zero-order valence-electron chi connectivity index (χ0n) is 5.97. The molecule has 1 heterocycles. The first kappa shape index (κ1) is 7.31. The van der Waals surface area contributed by atoms with Crippen molar-refractivity contribution >= 4 is 15.9 Å². The fourth-order valence-corrected chi connectivity index (χ4v) is 1.89. The van der Waals surface area contributed by atoms with Gasteiger partial charge in [0.25, 0.3) is 0 Å². The van der Waals surface area contributed by atoms with Crippen LogP contribution in [0.5, 0.6) is 0 Å². The molecule has 0 bridgehead atoms. The summed E-state index contributed by atoms with van der Waals surface area (Å²) < 4.78 is 0.976. The van der Waals surface area contributed by atoms with Gasteiger partial charge in [-0.15, -0.1) is 0 Å². The topological polar surface area (TPSA) is 48.9 Å². The van der Waals surface area contributed by atoms with Crippen molar-refractivity contribution in [1.29, 1.82) is 0 Å². The van der Waals surface area contributed by atoms with Crippen molar-refractivity contribution in [2.45, 2.75) is 18.3 Å². The molecule has 2 rings (SSSR count). The third-order valence-corrected chi connectivity index (χ3v) is 2.88. The molecule has 0 aliphatic heterocycles. The molecule has 11 heavy (non-hydrogen) atoms. The number of rotatable bonds is 2.